The monoisotopic (exact) mass is 417 g/mol. The molecular formula is C20H23N3O5S. The summed E-state index contributed by atoms with van der Waals surface area (Å²) < 4.78 is 26.9. The number of carbonyl (C=O) groups excluding carboxylic acids is 1. The van der Waals surface area contributed by atoms with Gasteiger partial charge in [0.05, 0.1) is 15.2 Å². The van der Waals surface area contributed by atoms with Crippen LogP contribution in [0.25, 0.3) is 0 Å². The topological polar surface area (TPSA) is 101 Å². The smallest absolute Gasteiger partial charge is 0.269 e. The highest BCUT2D eigenvalue weighted by Crippen LogP contribution is 2.27. The first kappa shape index (κ1) is 20.9. The number of carbonyl (C=O) groups is 1. The molecule has 1 heterocycles. The normalized spacial score (nSPS) is 15.9. The van der Waals surface area contributed by atoms with Gasteiger partial charge in [-0.25, -0.2) is 8.42 Å². The Bertz CT molecular complexity index is 996. The lowest BCUT2D eigenvalue weighted by Crippen LogP contribution is -2.54. The quantitative estimate of drug-likeness (QED) is 0.549. The van der Waals surface area contributed by atoms with Crippen LogP contribution in [0.3, 0.4) is 0 Å². The van der Waals surface area contributed by atoms with E-state index in [1.165, 1.54) is 28.6 Å². The minimum absolute atomic E-state index is 0.00694. The molecule has 0 bridgehead atoms. The van der Waals surface area contributed by atoms with Crippen molar-refractivity contribution in [1.29, 1.82) is 0 Å². The van der Waals surface area contributed by atoms with Crippen LogP contribution in [0, 0.1) is 10.1 Å². The van der Waals surface area contributed by atoms with E-state index >= 15 is 0 Å². The maximum absolute atomic E-state index is 13.0. The molecule has 2 aromatic carbocycles. The summed E-state index contributed by atoms with van der Waals surface area (Å²) in [6.07, 6.45) is 0. The third kappa shape index (κ3) is 4.15. The number of nitro groups is 1. The Kier molecular flexibility index (Phi) is 5.72. The summed E-state index contributed by atoms with van der Waals surface area (Å²) in [6, 6.07) is 14.3. The van der Waals surface area contributed by atoms with Crippen LogP contribution in [0.5, 0.6) is 0 Å². The molecule has 1 saturated heterocycles. The average molecular weight is 417 g/mol. The Morgan fingerprint density at radius 1 is 0.966 bits per heavy atom. The highest BCUT2D eigenvalue weighted by Gasteiger charge is 2.37. The van der Waals surface area contributed by atoms with Crippen molar-refractivity contribution in [2.75, 3.05) is 26.2 Å². The van der Waals surface area contributed by atoms with Gasteiger partial charge in [-0.05, 0) is 31.5 Å². The lowest BCUT2D eigenvalue weighted by molar-refractivity contribution is -0.384. The molecule has 154 valence electrons. The van der Waals surface area contributed by atoms with Crippen LogP contribution in [0.15, 0.2) is 59.5 Å². The first-order valence-electron chi connectivity index (χ1n) is 9.23. The third-order valence-corrected chi connectivity index (χ3v) is 7.15. The lowest BCUT2D eigenvalue weighted by atomic mass is 9.83. The van der Waals surface area contributed by atoms with Gasteiger partial charge < -0.3 is 4.90 Å². The van der Waals surface area contributed by atoms with Crippen LogP contribution in [-0.2, 0) is 20.2 Å². The maximum Gasteiger partial charge on any atom is 0.269 e. The van der Waals surface area contributed by atoms with Gasteiger partial charge in [0.15, 0.2) is 0 Å². The van der Waals surface area contributed by atoms with Gasteiger partial charge in [-0.15, -0.1) is 0 Å². The molecule has 1 aliphatic rings. The zero-order valence-electron chi connectivity index (χ0n) is 16.3. The molecule has 0 unspecified atom stereocenters. The number of nitro benzene ring substituents is 1. The van der Waals surface area contributed by atoms with Gasteiger partial charge >= 0.3 is 0 Å². The fraction of sp³-hybridized carbons (Fsp3) is 0.350. The average Bonchev–Trinajstić information content (AvgIpc) is 2.74. The van der Waals surface area contributed by atoms with Crippen LogP contribution in [0.2, 0.25) is 0 Å². The molecule has 0 saturated carbocycles. The summed E-state index contributed by atoms with van der Waals surface area (Å²) in [5, 5.41) is 10.8. The van der Waals surface area contributed by atoms with E-state index < -0.39 is 20.4 Å². The second-order valence-corrected chi connectivity index (χ2v) is 9.38. The molecule has 0 radical (unpaired) electrons. The molecule has 1 aliphatic heterocycles. The van der Waals surface area contributed by atoms with Crippen LogP contribution >= 0.6 is 0 Å². The predicted molar refractivity (Wildman–Crippen MR) is 108 cm³/mol. The Balaban J connectivity index is 1.69. The number of sulfonamides is 1. The van der Waals surface area contributed by atoms with Crippen molar-refractivity contribution in [3.05, 3.63) is 70.3 Å². The molecular weight excluding hydrogens is 394 g/mol. The predicted octanol–water partition coefficient (Wildman–Crippen LogP) is 2.41. The van der Waals surface area contributed by atoms with E-state index in [-0.39, 0.29) is 29.6 Å². The molecule has 2 aromatic rings. The van der Waals surface area contributed by atoms with Crippen molar-refractivity contribution in [2.24, 2.45) is 0 Å². The molecule has 3 rings (SSSR count). The van der Waals surface area contributed by atoms with Gasteiger partial charge in [0.25, 0.3) is 5.69 Å². The van der Waals surface area contributed by atoms with Crippen molar-refractivity contribution in [3.63, 3.8) is 0 Å². The van der Waals surface area contributed by atoms with Crippen LogP contribution in [0.1, 0.15) is 19.4 Å². The highest BCUT2D eigenvalue weighted by atomic mass is 32.2. The Morgan fingerprint density at radius 3 is 2.03 bits per heavy atom. The van der Waals surface area contributed by atoms with Crippen molar-refractivity contribution in [2.45, 2.75) is 24.2 Å². The van der Waals surface area contributed by atoms with E-state index in [1.807, 2.05) is 44.2 Å². The number of benzene rings is 2. The number of piperazine rings is 1. The van der Waals surface area contributed by atoms with Crippen LogP contribution < -0.4 is 0 Å². The Labute approximate surface area is 169 Å². The van der Waals surface area contributed by atoms with Crippen molar-refractivity contribution in [3.8, 4) is 0 Å². The van der Waals surface area contributed by atoms with Crippen molar-refractivity contribution in [1.82, 2.24) is 9.21 Å². The van der Waals surface area contributed by atoms with E-state index in [1.54, 1.807) is 4.90 Å². The molecule has 0 aliphatic carbocycles. The van der Waals surface area contributed by atoms with Crippen molar-refractivity contribution >= 4 is 21.6 Å². The SMILES string of the molecule is CC(C)(C(=O)N1CCN(S(=O)(=O)c2ccc([N+](=O)[O-])cc2)CC1)c1ccccc1. The van der Waals surface area contributed by atoms with Crippen molar-refractivity contribution < 1.29 is 18.1 Å². The summed E-state index contributed by atoms with van der Waals surface area (Å²) in [5.74, 6) is -0.0453. The second kappa shape index (κ2) is 7.92. The first-order chi connectivity index (χ1) is 13.6. The number of non-ortho nitro benzene ring substituents is 1. The summed E-state index contributed by atoms with van der Waals surface area (Å²) >= 11 is 0. The Hall–Kier alpha value is -2.78. The molecule has 0 aromatic heterocycles. The fourth-order valence-corrected chi connectivity index (χ4v) is 4.82. The zero-order valence-corrected chi connectivity index (χ0v) is 17.1. The van der Waals surface area contributed by atoms with Crippen LogP contribution in [-0.4, -0.2) is 54.6 Å². The molecule has 1 amide bonds. The fourth-order valence-electron chi connectivity index (χ4n) is 3.39. The molecule has 29 heavy (non-hydrogen) atoms. The van der Waals surface area contributed by atoms with Gasteiger partial charge in [0.1, 0.15) is 0 Å². The first-order valence-corrected chi connectivity index (χ1v) is 10.7. The van der Waals surface area contributed by atoms with E-state index in [2.05, 4.69) is 0 Å². The van der Waals surface area contributed by atoms with Gasteiger partial charge in [-0.3, -0.25) is 14.9 Å². The molecule has 1 fully saturated rings. The molecule has 9 heteroatoms. The number of hydrogen-bond donors (Lipinski definition) is 0. The van der Waals surface area contributed by atoms with Crippen LogP contribution in [0.4, 0.5) is 5.69 Å². The molecule has 0 spiro atoms. The summed E-state index contributed by atoms with van der Waals surface area (Å²) in [5.41, 5.74) is 0.0363. The molecule has 0 atom stereocenters. The van der Waals surface area contributed by atoms with E-state index in [0.717, 1.165) is 5.56 Å². The number of hydrogen-bond acceptors (Lipinski definition) is 5. The summed E-state index contributed by atoms with van der Waals surface area (Å²) in [6.45, 7) is 4.67. The minimum Gasteiger partial charge on any atom is -0.339 e. The molecule has 0 N–H and O–H groups in total. The largest absolute Gasteiger partial charge is 0.339 e. The minimum atomic E-state index is -3.77. The second-order valence-electron chi connectivity index (χ2n) is 7.44. The highest BCUT2D eigenvalue weighted by molar-refractivity contribution is 7.89. The van der Waals surface area contributed by atoms with E-state index in [4.69, 9.17) is 0 Å². The zero-order chi connectivity index (χ0) is 21.2. The van der Waals surface area contributed by atoms with Gasteiger partial charge in [-0.2, -0.15) is 4.31 Å². The Morgan fingerprint density at radius 2 is 1.52 bits per heavy atom. The number of amides is 1. The van der Waals surface area contributed by atoms with E-state index in [9.17, 15) is 23.3 Å². The standard InChI is InChI=1S/C20H23N3O5S/c1-20(2,16-6-4-3-5-7-16)19(24)21-12-14-22(15-13-21)29(27,28)18-10-8-17(9-11-18)23(25)26/h3-11H,12-15H2,1-2H3. The summed E-state index contributed by atoms with van der Waals surface area (Å²) in [4.78, 5) is 24.9. The third-order valence-electron chi connectivity index (χ3n) is 5.24. The van der Waals surface area contributed by atoms with Gasteiger partial charge in [-0.1, -0.05) is 30.3 Å². The molecule has 8 nitrogen and oxygen atoms in total. The maximum atomic E-state index is 13.0. The number of nitrogens with zero attached hydrogens (tertiary/aromatic N) is 3. The lowest BCUT2D eigenvalue weighted by Gasteiger charge is -2.38. The van der Waals surface area contributed by atoms with Gasteiger partial charge in [0.2, 0.25) is 15.9 Å². The number of rotatable bonds is 5. The van der Waals surface area contributed by atoms with Gasteiger partial charge in [0, 0.05) is 38.3 Å². The van der Waals surface area contributed by atoms with E-state index in [0.29, 0.717) is 13.1 Å². The summed E-state index contributed by atoms with van der Waals surface area (Å²) in [7, 11) is -3.77.